The van der Waals surface area contributed by atoms with Gasteiger partial charge in [-0.1, -0.05) is 71.7 Å². The molecule has 5 aromatic rings. The Hall–Kier alpha value is -3.49. The number of carbonyl (C=O) groups is 2. The van der Waals surface area contributed by atoms with E-state index in [1.807, 2.05) is 49.4 Å². The monoisotopic (exact) mass is 563 g/mol. The second-order valence-electron chi connectivity index (χ2n) is 8.25. The fraction of sp³-hybridized carbons (Fsp3) is 0.0357. The summed E-state index contributed by atoms with van der Waals surface area (Å²) in [5, 5.41) is 2.51. The summed E-state index contributed by atoms with van der Waals surface area (Å²) in [6.07, 6.45) is 1.52. The Morgan fingerprint density at radius 2 is 1.70 bits per heavy atom. The third-order valence-corrected chi connectivity index (χ3v) is 9.03. The molecule has 0 bridgehead atoms. The maximum absolute atomic E-state index is 13.0. The van der Waals surface area contributed by atoms with Gasteiger partial charge < -0.3 is 9.47 Å². The van der Waals surface area contributed by atoms with Crippen LogP contribution in [0, 0.1) is 6.92 Å². The number of thiophene rings is 2. The van der Waals surface area contributed by atoms with Gasteiger partial charge in [0.1, 0.15) is 15.5 Å². The fourth-order valence-electron chi connectivity index (χ4n) is 3.95. The number of halogens is 2. The van der Waals surface area contributed by atoms with Crippen molar-refractivity contribution in [1.82, 2.24) is 0 Å². The Balaban J connectivity index is 1.32. The smallest absolute Gasteiger partial charge is 0.363 e. The van der Waals surface area contributed by atoms with Crippen LogP contribution in [0.2, 0.25) is 10.0 Å². The maximum Gasteiger partial charge on any atom is 0.363 e. The van der Waals surface area contributed by atoms with Crippen LogP contribution in [0.5, 0.6) is 5.75 Å². The molecular weight excluding hydrogens is 549 g/mol. The Morgan fingerprint density at radius 1 is 0.946 bits per heavy atom. The Labute approximate surface area is 229 Å². The largest absolute Gasteiger partial charge is 0.422 e. The molecule has 2 aromatic heterocycles. The number of rotatable bonds is 4. The first-order valence-electron chi connectivity index (χ1n) is 11.1. The van der Waals surface area contributed by atoms with Crippen LogP contribution in [0.4, 0.5) is 0 Å². The maximum atomic E-state index is 13.0. The quantitative estimate of drug-likeness (QED) is 0.125. The van der Waals surface area contributed by atoms with Gasteiger partial charge in [0.15, 0.2) is 5.70 Å². The number of hydrogen-bond acceptors (Lipinski definition) is 7. The first kappa shape index (κ1) is 23.9. The number of nitrogens with zero attached hydrogens (tertiary/aromatic N) is 1. The molecule has 6 rings (SSSR count). The average molecular weight is 564 g/mol. The van der Waals surface area contributed by atoms with Crippen molar-refractivity contribution in [2.75, 3.05) is 0 Å². The zero-order valence-electron chi connectivity index (χ0n) is 19.1. The number of ether oxygens (including phenoxy) is 2. The van der Waals surface area contributed by atoms with Crippen LogP contribution in [0.15, 0.2) is 77.4 Å². The Kier molecular flexibility index (Phi) is 6.09. The zero-order valence-corrected chi connectivity index (χ0v) is 22.2. The van der Waals surface area contributed by atoms with Gasteiger partial charge in [0.2, 0.25) is 5.90 Å². The lowest BCUT2D eigenvalue weighted by Crippen LogP contribution is -2.08. The predicted molar refractivity (Wildman–Crippen MR) is 150 cm³/mol. The van der Waals surface area contributed by atoms with Crippen molar-refractivity contribution in [3.8, 4) is 5.75 Å². The Bertz CT molecular complexity index is 1820. The molecule has 37 heavy (non-hydrogen) atoms. The molecule has 0 aliphatic carbocycles. The summed E-state index contributed by atoms with van der Waals surface area (Å²) in [5.41, 5.74) is 1.66. The molecule has 1 aliphatic rings. The minimum Gasteiger partial charge on any atom is -0.422 e. The summed E-state index contributed by atoms with van der Waals surface area (Å²) in [6.45, 7) is 2.00. The summed E-state index contributed by atoms with van der Waals surface area (Å²) in [5.74, 6) is -0.789. The predicted octanol–water partition coefficient (Wildman–Crippen LogP) is 8.29. The highest BCUT2D eigenvalue weighted by Gasteiger charge is 2.28. The summed E-state index contributed by atoms with van der Waals surface area (Å²) < 4.78 is 13.0. The normalized spacial score (nSPS) is 14.4. The van der Waals surface area contributed by atoms with Gasteiger partial charge >= 0.3 is 11.9 Å². The van der Waals surface area contributed by atoms with Crippen LogP contribution in [0.25, 0.3) is 26.2 Å². The van der Waals surface area contributed by atoms with Crippen LogP contribution < -0.4 is 4.74 Å². The molecule has 0 amide bonds. The fourth-order valence-corrected chi connectivity index (χ4v) is 6.87. The highest BCUT2D eigenvalue weighted by Crippen LogP contribution is 2.39. The van der Waals surface area contributed by atoms with E-state index in [1.165, 1.54) is 28.7 Å². The van der Waals surface area contributed by atoms with Gasteiger partial charge in [0.25, 0.3) is 0 Å². The van der Waals surface area contributed by atoms with Gasteiger partial charge in [0, 0.05) is 25.7 Å². The molecule has 0 saturated carbocycles. The molecular formula is C28H15Cl2NO4S2. The number of para-hydroxylation sites is 1. The molecule has 0 atom stereocenters. The van der Waals surface area contributed by atoms with E-state index in [9.17, 15) is 9.59 Å². The number of benzene rings is 3. The van der Waals surface area contributed by atoms with Crippen LogP contribution >= 0.6 is 45.9 Å². The van der Waals surface area contributed by atoms with Crippen molar-refractivity contribution in [3.05, 3.63) is 103 Å². The van der Waals surface area contributed by atoms with Crippen molar-refractivity contribution in [1.29, 1.82) is 0 Å². The molecule has 3 aromatic carbocycles. The number of cyclic esters (lactones) is 1. The van der Waals surface area contributed by atoms with E-state index in [-0.39, 0.29) is 17.3 Å². The van der Waals surface area contributed by atoms with Crippen molar-refractivity contribution >= 4 is 90.0 Å². The van der Waals surface area contributed by atoms with E-state index < -0.39 is 11.9 Å². The molecule has 0 saturated heterocycles. The molecule has 1 aliphatic heterocycles. The second kappa shape index (κ2) is 9.43. The standard InChI is InChI=1S/C28H15Cl2NO4S2/c1-14-10-11-17-21(12-14)37-24(22(17)29)26-31-18(27(32)35-26)13-15-6-2-4-8-19(15)34-28(33)25-23(30)16-7-3-5-9-20(16)36-25/h2-13H,1H3/b18-13+. The third-order valence-electron chi connectivity index (χ3n) is 5.73. The van der Waals surface area contributed by atoms with E-state index in [0.717, 1.165) is 25.7 Å². The molecule has 182 valence electrons. The van der Waals surface area contributed by atoms with E-state index >= 15 is 0 Å². The van der Waals surface area contributed by atoms with E-state index in [1.54, 1.807) is 24.3 Å². The summed E-state index contributed by atoms with van der Waals surface area (Å²) in [4.78, 5) is 31.0. The average Bonchev–Trinajstić information content (AvgIpc) is 3.53. The van der Waals surface area contributed by atoms with Gasteiger partial charge in [-0.15, -0.1) is 22.7 Å². The lowest BCUT2D eigenvalue weighted by Gasteiger charge is -2.07. The lowest BCUT2D eigenvalue weighted by molar-refractivity contribution is -0.129. The highest BCUT2D eigenvalue weighted by molar-refractivity contribution is 7.22. The van der Waals surface area contributed by atoms with E-state index in [0.29, 0.717) is 25.4 Å². The van der Waals surface area contributed by atoms with Crippen LogP contribution in [-0.2, 0) is 9.53 Å². The van der Waals surface area contributed by atoms with Gasteiger partial charge in [-0.25, -0.2) is 14.6 Å². The van der Waals surface area contributed by atoms with Crippen LogP contribution in [0.1, 0.15) is 25.7 Å². The molecule has 0 N–H and O–H groups in total. The van der Waals surface area contributed by atoms with Crippen molar-refractivity contribution in [3.63, 3.8) is 0 Å². The first-order valence-corrected chi connectivity index (χ1v) is 13.5. The van der Waals surface area contributed by atoms with E-state index in [4.69, 9.17) is 32.7 Å². The first-order chi connectivity index (χ1) is 17.9. The molecule has 3 heterocycles. The summed E-state index contributed by atoms with van der Waals surface area (Å²) in [7, 11) is 0. The molecule has 0 spiro atoms. The number of esters is 2. The SMILES string of the molecule is Cc1ccc2c(Cl)c(C3=N/C(=C/c4ccccc4OC(=O)c4sc5ccccc5c4Cl)C(=O)O3)sc2c1. The Morgan fingerprint density at radius 3 is 2.54 bits per heavy atom. The molecule has 9 heteroatoms. The van der Waals surface area contributed by atoms with Gasteiger partial charge in [-0.3, -0.25) is 0 Å². The van der Waals surface area contributed by atoms with Gasteiger partial charge in [-0.05, 0) is 36.8 Å². The number of hydrogen-bond donors (Lipinski definition) is 0. The highest BCUT2D eigenvalue weighted by atomic mass is 35.5. The van der Waals surface area contributed by atoms with Crippen LogP contribution in [0.3, 0.4) is 0 Å². The summed E-state index contributed by atoms with van der Waals surface area (Å²) >= 11 is 15.7. The minimum absolute atomic E-state index is 0.0723. The topological polar surface area (TPSA) is 65.0 Å². The van der Waals surface area contributed by atoms with Gasteiger partial charge in [-0.2, -0.15) is 0 Å². The number of aryl methyl sites for hydroxylation is 1. The zero-order chi connectivity index (χ0) is 25.7. The number of fused-ring (bicyclic) bond motifs is 2. The molecule has 0 unspecified atom stereocenters. The molecule has 5 nitrogen and oxygen atoms in total. The molecule has 0 radical (unpaired) electrons. The lowest BCUT2D eigenvalue weighted by atomic mass is 10.1. The second-order valence-corrected chi connectivity index (χ2v) is 11.1. The number of carbonyl (C=O) groups excluding carboxylic acids is 2. The molecule has 0 fully saturated rings. The summed E-state index contributed by atoms with van der Waals surface area (Å²) in [6, 6.07) is 20.3. The van der Waals surface area contributed by atoms with Gasteiger partial charge in [0.05, 0.1) is 10.0 Å². The third kappa shape index (κ3) is 4.34. The number of aliphatic imine (C=N–C) groups is 1. The van der Waals surface area contributed by atoms with Crippen molar-refractivity contribution in [2.45, 2.75) is 6.92 Å². The van der Waals surface area contributed by atoms with Crippen LogP contribution in [-0.4, -0.2) is 17.8 Å². The van der Waals surface area contributed by atoms with Crippen molar-refractivity contribution < 1.29 is 19.1 Å². The van der Waals surface area contributed by atoms with Crippen molar-refractivity contribution in [2.24, 2.45) is 4.99 Å². The van der Waals surface area contributed by atoms with E-state index in [2.05, 4.69) is 4.99 Å². The minimum atomic E-state index is -0.617.